The average Bonchev–Trinajstić information content (AvgIpc) is 3.14. The largest absolute Gasteiger partial charge is 0.381 e. The van der Waals surface area contributed by atoms with Gasteiger partial charge in [-0.05, 0) is 24.1 Å². The number of benzene rings is 1. The van der Waals surface area contributed by atoms with Gasteiger partial charge < -0.3 is 15.4 Å². The number of aromatic nitrogens is 1. The average molecular weight is 379 g/mol. The van der Waals surface area contributed by atoms with E-state index in [1.807, 2.05) is 36.4 Å². The first kappa shape index (κ1) is 18.6. The van der Waals surface area contributed by atoms with Crippen molar-refractivity contribution >= 4 is 11.8 Å². The second-order valence-corrected chi connectivity index (χ2v) is 7.48. The van der Waals surface area contributed by atoms with Crippen molar-refractivity contribution in [2.45, 2.75) is 25.3 Å². The molecule has 2 N–H and O–H groups in total. The molecule has 2 aromatic rings. The highest BCUT2D eigenvalue weighted by molar-refractivity contribution is 5.99. The Morgan fingerprint density at radius 2 is 1.86 bits per heavy atom. The van der Waals surface area contributed by atoms with E-state index in [1.165, 1.54) is 0 Å². The molecule has 0 unspecified atom stereocenters. The van der Waals surface area contributed by atoms with Gasteiger partial charge in [-0.2, -0.15) is 0 Å². The molecule has 28 heavy (non-hydrogen) atoms. The van der Waals surface area contributed by atoms with Gasteiger partial charge in [-0.3, -0.25) is 9.59 Å². The lowest BCUT2D eigenvalue weighted by Crippen LogP contribution is -2.31. The van der Waals surface area contributed by atoms with Crippen LogP contribution in [0.3, 0.4) is 0 Å². The number of pyridine rings is 1. The Morgan fingerprint density at radius 3 is 2.50 bits per heavy atom. The molecular formula is C22H25N3O3. The van der Waals surface area contributed by atoms with Gasteiger partial charge >= 0.3 is 0 Å². The van der Waals surface area contributed by atoms with Crippen LogP contribution >= 0.6 is 0 Å². The van der Waals surface area contributed by atoms with Crippen LogP contribution in [0.2, 0.25) is 0 Å². The summed E-state index contributed by atoms with van der Waals surface area (Å²) in [6.45, 7) is 3.51. The molecule has 1 saturated carbocycles. The highest BCUT2D eigenvalue weighted by Gasteiger charge is 2.54. The minimum Gasteiger partial charge on any atom is -0.381 e. The number of ether oxygens (including phenoxy) is 1. The Hall–Kier alpha value is -2.73. The number of nitrogens with one attached hydrogen (secondary N) is 2. The lowest BCUT2D eigenvalue weighted by atomic mass is 9.91. The fourth-order valence-corrected chi connectivity index (χ4v) is 4.10. The fraction of sp³-hybridized carbons (Fsp3) is 0.409. The third-order valence-electron chi connectivity index (χ3n) is 5.78. The summed E-state index contributed by atoms with van der Waals surface area (Å²) >= 11 is 0. The summed E-state index contributed by atoms with van der Waals surface area (Å²) in [6, 6.07) is 13.6. The van der Waals surface area contributed by atoms with E-state index in [0.29, 0.717) is 30.6 Å². The fourth-order valence-electron chi connectivity index (χ4n) is 4.10. The molecule has 4 atom stereocenters. The van der Waals surface area contributed by atoms with Gasteiger partial charge in [-0.15, -0.1) is 0 Å². The minimum absolute atomic E-state index is 0.0195. The third kappa shape index (κ3) is 3.52. The van der Waals surface area contributed by atoms with Crippen molar-refractivity contribution in [1.29, 1.82) is 0 Å². The Balaban J connectivity index is 1.65. The molecule has 2 fully saturated rings. The van der Waals surface area contributed by atoms with Gasteiger partial charge in [-0.1, -0.05) is 37.3 Å². The van der Waals surface area contributed by atoms with Crippen LogP contribution in [0.15, 0.2) is 42.5 Å². The highest BCUT2D eigenvalue weighted by atomic mass is 16.5. The van der Waals surface area contributed by atoms with Crippen LogP contribution in [-0.4, -0.2) is 43.1 Å². The SMILES string of the molecule is CC[C@@H](c1ccccc1)c1cc(C(=O)N[C@H]2[C@@H]3COC[C@@H]32)cc(C(=O)NC)n1. The number of hydrogen-bond donors (Lipinski definition) is 2. The summed E-state index contributed by atoms with van der Waals surface area (Å²) < 4.78 is 5.39. The molecule has 2 amide bonds. The molecule has 2 aliphatic rings. The maximum Gasteiger partial charge on any atom is 0.269 e. The predicted octanol–water partition coefficient (Wildman–Crippen LogP) is 2.36. The van der Waals surface area contributed by atoms with Crippen LogP contribution in [0.25, 0.3) is 0 Å². The molecule has 1 saturated heterocycles. The molecule has 4 rings (SSSR count). The van der Waals surface area contributed by atoms with Crippen LogP contribution in [0.4, 0.5) is 0 Å². The van der Waals surface area contributed by atoms with Crippen molar-refractivity contribution in [1.82, 2.24) is 15.6 Å². The Labute approximate surface area is 164 Å². The van der Waals surface area contributed by atoms with E-state index in [9.17, 15) is 9.59 Å². The van der Waals surface area contributed by atoms with Crippen molar-refractivity contribution in [2.75, 3.05) is 20.3 Å². The number of hydrogen-bond acceptors (Lipinski definition) is 4. The number of rotatable bonds is 6. The van der Waals surface area contributed by atoms with Crippen molar-refractivity contribution in [2.24, 2.45) is 11.8 Å². The third-order valence-corrected chi connectivity index (χ3v) is 5.78. The van der Waals surface area contributed by atoms with E-state index >= 15 is 0 Å². The van der Waals surface area contributed by atoms with Crippen LogP contribution in [0.1, 0.15) is 51.4 Å². The normalized spacial score (nSPS) is 23.6. The summed E-state index contributed by atoms with van der Waals surface area (Å²) in [6.07, 6.45) is 0.819. The Morgan fingerprint density at radius 1 is 1.14 bits per heavy atom. The molecule has 6 nitrogen and oxygen atoms in total. The van der Waals surface area contributed by atoms with Gasteiger partial charge in [-0.25, -0.2) is 4.98 Å². The number of amides is 2. The smallest absolute Gasteiger partial charge is 0.269 e. The molecule has 6 heteroatoms. The van der Waals surface area contributed by atoms with E-state index in [1.54, 1.807) is 13.1 Å². The molecule has 1 aliphatic heterocycles. The van der Waals surface area contributed by atoms with E-state index in [0.717, 1.165) is 17.7 Å². The van der Waals surface area contributed by atoms with Gasteiger partial charge in [0.05, 0.1) is 13.2 Å². The number of carbonyl (C=O) groups excluding carboxylic acids is 2. The first-order chi connectivity index (χ1) is 13.6. The van der Waals surface area contributed by atoms with Crippen LogP contribution in [0, 0.1) is 11.8 Å². The number of nitrogens with zero attached hydrogens (tertiary/aromatic N) is 1. The molecule has 0 bridgehead atoms. The second-order valence-electron chi connectivity index (χ2n) is 7.48. The molecule has 0 spiro atoms. The standard InChI is InChI=1S/C22H25N3O3/c1-3-15(13-7-5-4-6-8-13)18-9-14(10-19(24-18)22(27)23-2)21(26)25-20-16-11-28-12-17(16)20/h4-10,15-17,20H,3,11-12H2,1-2H3,(H,23,27)(H,25,26)/t15-,16-,17+,20+/m0/s1. The summed E-state index contributed by atoms with van der Waals surface area (Å²) in [5.41, 5.74) is 2.59. The molecule has 1 aliphatic carbocycles. The molecule has 146 valence electrons. The molecule has 2 heterocycles. The molecule has 1 aromatic heterocycles. The van der Waals surface area contributed by atoms with Crippen molar-refractivity contribution < 1.29 is 14.3 Å². The second kappa shape index (κ2) is 7.72. The maximum absolute atomic E-state index is 12.9. The van der Waals surface area contributed by atoms with Crippen LogP contribution < -0.4 is 10.6 Å². The Kier molecular flexibility index (Phi) is 5.13. The monoisotopic (exact) mass is 379 g/mol. The zero-order chi connectivity index (χ0) is 19.7. The van der Waals surface area contributed by atoms with Crippen LogP contribution in [-0.2, 0) is 4.74 Å². The lowest BCUT2D eigenvalue weighted by Gasteiger charge is -2.17. The minimum atomic E-state index is -0.296. The van der Waals surface area contributed by atoms with Gasteiger partial charge in [0.15, 0.2) is 0 Å². The van der Waals surface area contributed by atoms with E-state index < -0.39 is 0 Å². The summed E-state index contributed by atoms with van der Waals surface area (Å²) in [7, 11) is 1.57. The first-order valence-corrected chi connectivity index (χ1v) is 9.80. The summed E-state index contributed by atoms with van der Waals surface area (Å²) in [5, 5.41) is 5.71. The van der Waals surface area contributed by atoms with E-state index in [2.05, 4.69) is 22.5 Å². The zero-order valence-corrected chi connectivity index (χ0v) is 16.1. The van der Waals surface area contributed by atoms with Gasteiger partial charge in [0.1, 0.15) is 5.69 Å². The van der Waals surface area contributed by atoms with Crippen LogP contribution in [0.5, 0.6) is 0 Å². The van der Waals surface area contributed by atoms with Gasteiger partial charge in [0.25, 0.3) is 11.8 Å². The van der Waals surface area contributed by atoms with Gasteiger partial charge in [0.2, 0.25) is 0 Å². The molecule has 0 radical (unpaired) electrons. The van der Waals surface area contributed by atoms with Gasteiger partial charge in [0, 0.05) is 42.1 Å². The maximum atomic E-state index is 12.9. The van der Waals surface area contributed by atoms with Crippen molar-refractivity contribution in [3.05, 3.63) is 65.0 Å². The predicted molar refractivity (Wildman–Crippen MR) is 105 cm³/mol. The number of fused-ring (bicyclic) bond motifs is 1. The quantitative estimate of drug-likeness (QED) is 0.807. The number of carbonyl (C=O) groups is 2. The lowest BCUT2D eigenvalue weighted by molar-refractivity contribution is 0.0928. The molecular weight excluding hydrogens is 354 g/mol. The molecule has 1 aromatic carbocycles. The van der Waals surface area contributed by atoms with Crippen molar-refractivity contribution in [3.63, 3.8) is 0 Å². The topological polar surface area (TPSA) is 80.3 Å². The zero-order valence-electron chi connectivity index (χ0n) is 16.1. The van der Waals surface area contributed by atoms with Crippen molar-refractivity contribution in [3.8, 4) is 0 Å². The Bertz CT molecular complexity index is 874. The summed E-state index contributed by atoms with van der Waals surface area (Å²) in [5.74, 6) is 0.422. The van der Waals surface area contributed by atoms with E-state index in [-0.39, 0.29) is 29.5 Å². The highest BCUT2D eigenvalue weighted by Crippen LogP contribution is 2.44. The van der Waals surface area contributed by atoms with E-state index in [4.69, 9.17) is 4.74 Å². The first-order valence-electron chi connectivity index (χ1n) is 9.80. The summed E-state index contributed by atoms with van der Waals surface area (Å²) in [4.78, 5) is 29.7.